The predicted molar refractivity (Wildman–Crippen MR) is 114 cm³/mol. The molecule has 0 aliphatic heterocycles. The molecule has 2 N–H and O–H groups in total. The summed E-state index contributed by atoms with van der Waals surface area (Å²) in [5.41, 5.74) is 4.33. The van der Waals surface area contributed by atoms with Crippen LogP contribution in [0, 0.1) is 0 Å². The van der Waals surface area contributed by atoms with Crippen LogP contribution in [0.2, 0.25) is 0 Å². The molecule has 1 aromatic rings. The molecule has 0 radical (unpaired) electrons. The van der Waals surface area contributed by atoms with Crippen molar-refractivity contribution >= 4 is 11.9 Å². The van der Waals surface area contributed by atoms with Crippen molar-refractivity contribution in [2.45, 2.75) is 103 Å². The highest BCUT2D eigenvalue weighted by Crippen LogP contribution is 2.23. The first-order chi connectivity index (χ1) is 13.5. The summed E-state index contributed by atoms with van der Waals surface area (Å²) in [5, 5.41) is 17.6. The summed E-state index contributed by atoms with van der Waals surface area (Å²) in [7, 11) is 0. The van der Waals surface area contributed by atoms with Crippen LogP contribution >= 0.6 is 0 Å². The molecule has 28 heavy (non-hydrogen) atoms. The number of aliphatic carboxylic acids is 2. The lowest BCUT2D eigenvalue weighted by atomic mass is 9.90. The van der Waals surface area contributed by atoms with Crippen molar-refractivity contribution in [3.05, 3.63) is 34.9 Å². The Balaban J connectivity index is 2.64. The van der Waals surface area contributed by atoms with Gasteiger partial charge in [-0.2, -0.15) is 0 Å². The standard InChI is InChI=1S/C24H38O4/c1-2-3-4-7-13-20-15-12-16-21(14-8-5-10-18-23(25)26)22(20)17-9-6-11-19-24(27)28/h12,15-16H,2-11,13-14,17-19H2,1H3,(H,25,26)(H,27,28). The molecule has 0 aromatic heterocycles. The summed E-state index contributed by atoms with van der Waals surface area (Å²) >= 11 is 0. The van der Waals surface area contributed by atoms with Crippen LogP contribution in [-0.4, -0.2) is 22.2 Å². The van der Waals surface area contributed by atoms with E-state index < -0.39 is 11.9 Å². The van der Waals surface area contributed by atoms with E-state index in [4.69, 9.17) is 10.2 Å². The molecule has 0 spiro atoms. The van der Waals surface area contributed by atoms with Gasteiger partial charge in [-0.05, 0) is 68.1 Å². The Kier molecular flexibility index (Phi) is 13.1. The molecule has 0 saturated carbocycles. The van der Waals surface area contributed by atoms with Gasteiger partial charge in [0.2, 0.25) is 0 Å². The van der Waals surface area contributed by atoms with E-state index in [0.29, 0.717) is 0 Å². The molecule has 0 bridgehead atoms. The molecule has 1 aromatic carbocycles. The number of carboxylic acids is 2. The fourth-order valence-electron chi connectivity index (χ4n) is 3.74. The van der Waals surface area contributed by atoms with E-state index in [1.54, 1.807) is 0 Å². The second-order valence-electron chi connectivity index (χ2n) is 7.77. The summed E-state index contributed by atoms with van der Waals surface area (Å²) in [5.74, 6) is -1.42. The maximum Gasteiger partial charge on any atom is 0.303 e. The van der Waals surface area contributed by atoms with Gasteiger partial charge in [0.15, 0.2) is 0 Å². The van der Waals surface area contributed by atoms with Gasteiger partial charge in [-0.1, -0.05) is 57.2 Å². The van der Waals surface area contributed by atoms with Gasteiger partial charge in [0.25, 0.3) is 0 Å². The Morgan fingerprint density at radius 1 is 0.679 bits per heavy atom. The van der Waals surface area contributed by atoms with Gasteiger partial charge in [-0.15, -0.1) is 0 Å². The number of hydrogen-bond acceptors (Lipinski definition) is 2. The molecular weight excluding hydrogens is 352 g/mol. The summed E-state index contributed by atoms with van der Waals surface area (Å²) < 4.78 is 0. The van der Waals surface area contributed by atoms with Crippen molar-refractivity contribution in [3.8, 4) is 0 Å². The second kappa shape index (κ2) is 15.1. The summed E-state index contributed by atoms with van der Waals surface area (Å²) in [6, 6.07) is 6.64. The van der Waals surface area contributed by atoms with Crippen LogP contribution in [0.3, 0.4) is 0 Å². The SMILES string of the molecule is CCCCCCc1cccc(CCCCCC(=O)O)c1CCCCCC(=O)O. The number of aryl methyl sites for hydroxylation is 2. The average Bonchev–Trinajstić information content (AvgIpc) is 2.65. The van der Waals surface area contributed by atoms with Crippen molar-refractivity contribution in [1.82, 2.24) is 0 Å². The Morgan fingerprint density at radius 3 is 1.61 bits per heavy atom. The van der Waals surface area contributed by atoms with Crippen LogP contribution < -0.4 is 0 Å². The zero-order valence-electron chi connectivity index (χ0n) is 17.5. The van der Waals surface area contributed by atoms with Crippen molar-refractivity contribution < 1.29 is 19.8 Å². The first kappa shape index (κ1) is 24.2. The monoisotopic (exact) mass is 390 g/mol. The van der Waals surface area contributed by atoms with Crippen molar-refractivity contribution in [3.63, 3.8) is 0 Å². The van der Waals surface area contributed by atoms with E-state index in [1.807, 2.05) is 0 Å². The van der Waals surface area contributed by atoms with Gasteiger partial charge in [0.1, 0.15) is 0 Å². The number of carbonyl (C=O) groups is 2. The maximum atomic E-state index is 10.7. The highest BCUT2D eigenvalue weighted by molar-refractivity contribution is 5.66. The molecule has 0 atom stereocenters. The van der Waals surface area contributed by atoms with Crippen LogP contribution in [0.1, 0.15) is 101 Å². The van der Waals surface area contributed by atoms with E-state index in [9.17, 15) is 9.59 Å². The van der Waals surface area contributed by atoms with E-state index in [1.165, 1.54) is 42.4 Å². The quantitative estimate of drug-likeness (QED) is 0.311. The third-order valence-electron chi connectivity index (χ3n) is 5.32. The van der Waals surface area contributed by atoms with Gasteiger partial charge in [-0.25, -0.2) is 0 Å². The third-order valence-corrected chi connectivity index (χ3v) is 5.32. The summed E-state index contributed by atoms with van der Waals surface area (Å²) in [6.45, 7) is 2.23. The van der Waals surface area contributed by atoms with E-state index in [-0.39, 0.29) is 12.8 Å². The molecule has 4 heteroatoms. The first-order valence-corrected chi connectivity index (χ1v) is 11.1. The van der Waals surface area contributed by atoms with E-state index in [2.05, 4.69) is 25.1 Å². The van der Waals surface area contributed by atoms with Crippen molar-refractivity contribution in [2.24, 2.45) is 0 Å². The lowest BCUT2D eigenvalue weighted by Crippen LogP contribution is -2.02. The molecular formula is C24H38O4. The highest BCUT2D eigenvalue weighted by Gasteiger charge is 2.09. The van der Waals surface area contributed by atoms with Crippen molar-refractivity contribution in [2.75, 3.05) is 0 Å². The average molecular weight is 391 g/mol. The van der Waals surface area contributed by atoms with Crippen LogP contribution in [0.4, 0.5) is 0 Å². The zero-order valence-corrected chi connectivity index (χ0v) is 17.5. The normalized spacial score (nSPS) is 10.9. The van der Waals surface area contributed by atoms with Gasteiger partial charge < -0.3 is 10.2 Å². The molecule has 0 fully saturated rings. The molecule has 0 unspecified atom stereocenters. The minimum absolute atomic E-state index is 0.258. The first-order valence-electron chi connectivity index (χ1n) is 11.1. The number of unbranched alkanes of at least 4 members (excludes halogenated alkanes) is 7. The minimum Gasteiger partial charge on any atom is -0.481 e. The van der Waals surface area contributed by atoms with Gasteiger partial charge in [0.05, 0.1) is 0 Å². The zero-order chi connectivity index (χ0) is 20.6. The van der Waals surface area contributed by atoms with Gasteiger partial charge >= 0.3 is 11.9 Å². The lowest BCUT2D eigenvalue weighted by Gasteiger charge is -2.15. The highest BCUT2D eigenvalue weighted by atomic mass is 16.4. The number of carboxylic acid groups (broad SMARTS) is 2. The molecule has 0 aliphatic carbocycles. The van der Waals surface area contributed by atoms with Gasteiger partial charge in [0, 0.05) is 12.8 Å². The third kappa shape index (κ3) is 11.1. The van der Waals surface area contributed by atoms with Crippen LogP contribution in [0.15, 0.2) is 18.2 Å². The molecule has 0 heterocycles. The molecule has 0 saturated heterocycles. The fraction of sp³-hybridized carbons (Fsp3) is 0.667. The van der Waals surface area contributed by atoms with Crippen LogP contribution in [0.25, 0.3) is 0 Å². The fourth-order valence-corrected chi connectivity index (χ4v) is 3.74. The Morgan fingerprint density at radius 2 is 1.14 bits per heavy atom. The van der Waals surface area contributed by atoms with E-state index >= 15 is 0 Å². The molecule has 0 amide bonds. The maximum absolute atomic E-state index is 10.7. The molecule has 158 valence electrons. The number of hydrogen-bond donors (Lipinski definition) is 2. The molecule has 4 nitrogen and oxygen atoms in total. The smallest absolute Gasteiger partial charge is 0.303 e. The largest absolute Gasteiger partial charge is 0.481 e. The van der Waals surface area contributed by atoms with E-state index in [0.717, 1.165) is 57.8 Å². The number of rotatable bonds is 17. The summed E-state index contributed by atoms with van der Waals surface area (Å²) in [6.07, 6.45) is 14.1. The van der Waals surface area contributed by atoms with Crippen LogP contribution in [-0.2, 0) is 28.9 Å². The van der Waals surface area contributed by atoms with Crippen LogP contribution in [0.5, 0.6) is 0 Å². The molecule has 1 rings (SSSR count). The van der Waals surface area contributed by atoms with Crippen molar-refractivity contribution in [1.29, 1.82) is 0 Å². The Bertz CT molecular complexity index is 580. The Labute approximate surface area is 170 Å². The summed E-state index contributed by atoms with van der Waals surface area (Å²) in [4.78, 5) is 21.3. The second-order valence-corrected chi connectivity index (χ2v) is 7.77. The lowest BCUT2D eigenvalue weighted by molar-refractivity contribution is -0.138. The molecule has 0 aliphatic rings. The Hall–Kier alpha value is -1.84. The number of benzene rings is 1. The topological polar surface area (TPSA) is 74.6 Å². The van der Waals surface area contributed by atoms with Gasteiger partial charge in [-0.3, -0.25) is 9.59 Å². The minimum atomic E-state index is -0.712. The predicted octanol–water partition coefficient (Wildman–Crippen LogP) is 6.18.